The number of carbonyl (C=O) groups is 1. The molecule has 5 heteroatoms. The first-order chi connectivity index (χ1) is 10.5. The molecule has 0 aliphatic heterocycles. The number of carbonyl (C=O) groups excluding carboxylic acids is 1. The normalized spacial score (nSPS) is 14.3. The molecule has 0 N–H and O–H groups in total. The van der Waals surface area contributed by atoms with Gasteiger partial charge in [0.2, 0.25) is 0 Å². The molecule has 1 aromatic carbocycles. The van der Waals surface area contributed by atoms with E-state index in [2.05, 4.69) is 0 Å². The highest BCUT2D eigenvalue weighted by molar-refractivity contribution is 5.65. The highest BCUT2D eigenvalue weighted by Gasteiger charge is 2.30. The molecule has 23 heavy (non-hydrogen) atoms. The summed E-state index contributed by atoms with van der Waals surface area (Å²) in [7, 11) is 3.76. The summed E-state index contributed by atoms with van der Waals surface area (Å²) < 4.78 is 10.8. The molecule has 0 aliphatic rings. The predicted molar refractivity (Wildman–Crippen MR) is 86.8 cm³/mol. The molecule has 5 nitrogen and oxygen atoms in total. The Morgan fingerprint density at radius 1 is 1.26 bits per heavy atom. The van der Waals surface area contributed by atoms with Crippen molar-refractivity contribution in [2.75, 3.05) is 20.7 Å². The van der Waals surface area contributed by atoms with E-state index in [1.54, 1.807) is 0 Å². The molecule has 0 saturated heterocycles. The van der Waals surface area contributed by atoms with Gasteiger partial charge < -0.3 is 14.6 Å². The first-order valence-corrected chi connectivity index (χ1v) is 7.62. The van der Waals surface area contributed by atoms with Crippen LogP contribution in [0.25, 0.3) is 0 Å². The van der Waals surface area contributed by atoms with Crippen molar-refractivity contribution in [2.24, 2.45) is 0 Å². The second-order valence-electron chi connectivity index (χ2n) is 7.02. The Kier molecular flexibility index (Phi) is 6.21. The van der Waals surface area contributed by atoms with E-state index in [-0.39, 0.29) is 23.1 Å². The number of likely N-dealkylation sites (N-methyl/N-ethyl adjacent to an activating group) is 1. The molecule has 0 spiro atoms. The van der Waals surface area contributed by atoms with Crippen LogP contribution in [0, 0.1) is 0 Å². The quantitative estimate of drug-likeness (QED) is 0.458. The summed E-state index contributed by atoms with van der Waals surface area (Å²) in [6.07, 6.45) is 1.51. The largest absolute Gasteiger partial charge is 0.604 e. The number of hydrogen-bond acceptors (Lipinski definition) is 4. The molecule has 0 heterocycles. The summed E-state index contributed by atoms with van der Waals surface area (Å²) in [5.74, 6) is -0.741. The van der Waals surface area contributed by atoms with Gasteiger partial charge in [-0.15, -0.1) is 0 Å². The van der Waals surface area contributed by atoms with Crippen LogP contribution in [0.15, 0.2) is 42.5 Å². The smallest absolute Gasteiger partial charge is 0.302 e. The number of quaternary nitrogens is 1. The van der Waals surface area contributed by atoms with Crippen LogP contribution in [0.3, 0.4) is 0 Å². The van der Waals surface area contributed by atoms with Crippen LogP contribution in [0.4, 0.5) is 0 Å². The Hall–Kier alpha value is -2.01. The van der Waals surface area contributed by atoms with Crippen LogP contribution in [-0.2, 0) is 14.3 Å². The Morgan fingerprint density at radius 3 is 2.30 bits per heavy atom. The minimum Gasteiger partial charge on any atom is -0.604 e. The number of hydrogen-bond donors (Lipinski definition) is 0. The molecule has 0 fully saturated rings. The summed E-state index contributed by atoms with van der Waals surface area (Å²) in [4.78, 5) is 11.2. The fourth-order valence-electron chi connectivity index (χ4n) is 2.23. The van der Waals surface area contributed by atoms with Crippen molar-refractivity contribution in [2.45, 2.75) is 39.3 Å². The summed E-state index contributed by atoms with van der Waals surface area (Å²) in [5.41, 5.74) is 0.435. The molecule has 0 radical (unpaired) electrons. The summed E-state index contributed by atoms with van der Waals surface area (Å²) in [5, 5.41) is 12.1. The van der Waals surface area contributed by atoms with Crippen molar-refractivity contribution < 1.29 is 23.9 Å². The number of nitrogens with zero attached hydrogens (tertiary/aromatic N) is 1. The van der Waals surface area contributed by atoms with Crippen LogP contribution in [0.2, 0.25) is 0 Å². The molecule has 1 aromatic rings. The van der Waals surface area contributed by atoms with Crippen molar-refractivity contribution >= 4 is 5.97 Å². The van der Waals surface area contributed by atoms with Crippen molar-refractivity contribution in [3.8, 4) is 0 Å². The van der Waals surface area contributed by atoms with Gasteiger partial charge in [0.1, 0.15) is 18.8 Å². The highest BCUT2D eigenvalue weighted by atomic mass is 16.6. The van der Waals surface area contributed by atoms with Crippen molar-refractivity contribution in [1.29, 1.82) is 0 Å². The van der Waals surface area contributed by atoms with Gasteiger partial charge in [-0.3, -0.25) is 9.28 Å². The number of ether oxygens (including phenoxy) is 2. The zero-order chi connectivity index (χ0) is 17.7. The van der Waals surface area contributed by atoms with E-state index < -0.39 is 11.5 Å². The summed E-state index contributed by atoms with van der Waals surface area (Å²) >= 11 is 0. The number of rotatable bonds is 6. The van der Waals surface area contributed by atoms with Crippen LogP contribution in [0.5, 0.6) is 0 Å². The van der Waals surface area contributed by atoms with Crippen molar-refractivity contribution in [1.82, 2.24) is 0 Å². The van der Waals surface area contributed by atoms with Gasteiger partial charge in [0.25, 0.3) is 0 Å². The molecule has 128 valence electrons. The number of esters is 1. The van der Waals surface area contributed by atoms with E-state index >= 15 is 0 Å². The summed E-state index contributed by atoms with van der Waals surface area (Å²) in [6, 6.07) is 9.47. The molecule has 0 saturated carbocycles. The molecule has 1 unspecified atom stereocenters. The monoisotopic (exact) mass is 321 g/mol. The predicted octanol–water partition coefficient (Wildman–Crippen LogP) is 2.34. The lowest BCUT2D eigenvalue weighted by molar-refractivity contribution is -0.875. The maximum atomic E-state index is 12.1. The average molecular weight is 321 g/mol. The first kappa shape index (κ1) is 19.0. The Balaban J connectivity index is 3.08. The molecule has 0 aliphatic carbocycles. The lowest BCUT2D eigenvalue weighted by Gasteiger charge is -2.37. The zero-order valence-electron chi connectivity index (χ0n) is 14.8. The molecular formula is C18H27NO4. The molecule has 1 rings (SSSR count). The maximum absolute atomic E-state index is 12.1. The Labute approximate surface area is 138 Å². The van der Waals surface area contributed by atoms with Gasteiger partial charge in [0, 0.05) is 18.1 Å². The Morgan fingerprint density at radius 2 is 1.83 bits per heavy atom. The second kappa shape index (κ2) is 7.51. The minimum absolute atomic E-state index is 0.186. The van der Waals surface area contributed by atoms with Gasteiger partial charge in [-0.2, -0.15) is 0 Å². The molecular weight excluding hydrogens is 294 g/mol. The van der Waals surface area contributed by atoms with Gasteiger partial charge >= 0.3 is 5.97 Å². The standard InChI is InChI=1S/C18H27NO4/c1-14(20)22-13-16(15-10-8-7-9-11-15)19(5,6)12-17(21)23-18(2,3)4/h7-12,16H,13H2,1-6H3/b17-12+. The third-order valence-electron chi connectivity index (χ3n) is 3.28. The lowest BCUT2D eigenvalue weighted by Crippen LogP contribution is -2.42. The fraction of sp³-hybridized carbons (Fsp3) is 0.500. The van der Waals surface area contributed by atoms with E-state index in [0.29, 0.717) is 0 Å². The van der Waals surface area contributed by atoms with Gasteiger partial charge in [-0.25, -0.2) is 0 Å². The SMILES string of the molecule is CC(=O)OCC(c1ccccc1)[N+](C)(C)/C=C(\[O-])OC(C)(C)C. The first-order valence-electron chi connectivity index (χ1n) is 7.62. The zero-order valence-corrected chi connectivity index (χ0v) is 14.8. The topological polar surface area (TPSA) is 58.6 Å². The van der Waals surface area contributed by atoms with E-state index in [4.69, 9.17) is 9.47 Å². The number of benzene rings is 1. The van der Waals surface area contributed by atoms with Gasteiger partial charge in [0.15, 0.2) is 6.04 Å². The van der Waals surface area contributed by atoms with Crippen molar-refractivity contribution in [3.05, 3.63) is 48.0 Å². The second-order valence-corrected chi connectivity index (χ2v) is 7.02. The van der Waals surface area contributed by atoms with Crippen LogP contribution in [0.1, 0.15) is 39.3 Å². The average Bonchev–Trinajstić information content (AvgIpc) is 2.36. The molecule has 1 atom stereocenters. The van der Waals surface area contributed by atoms with E-state index in [1.165, 1.54) is 13.1 Å². The van der Waals surface area contributed by atoms with E-state index in [9.17, 15) is 9.90 Å². The molecule has 0 amide bonds. The Bertz CT molecular complexity index is 544. The van der Waals surface area contributed by atoms with Gasteiger partial charge in [-0.1, -0.05) is 51.1 Å². The van der Waals surface area contributed by atoms with Gasteiger partial charge in [-0.05, 0) is 0 Å². The van der Waals surface area contributed by atoms with Gasteiger partial charge in [0.05, 0.1) is 14.1 Å². The minimum atomic E-state index is -0.550. The fourth-order valence-corrected chi connectivity index (χ4v) is 2.23. The lowest BCUT2D eigenvalue weighted by atomic mass is 10.1. The maximum Gasteiger partial charge on any atom is 0.302 e. The van der Waals surface area contributed by atoms with Crippen LogP contribution >= 0.6 is 0 Å². The molecule has 0 aromatic heterocycles. The molecule has 0 bridgehead atoms. The van der Waals surface area contributed by atoms with E-state index in [1.807, 2.05) is 65.2 Å². The summed E-state index contributed by atoms with van der Waals surface area (Å²) in [6.45, 7) is 7.04. The third-order valence-corrected chi connectivity index (χ3v) is 3.28. The van der Waals surface area contributed by atoms with E-state index in [0.717, 1.165) is 5.56 Å². The van der Waals surface area contributed by atoms with Crippen LogP contribution in [-0.4, -0.2) is 36.8 Å². The van der Waals surface area contributed by atoms with Crippen LogP contribution < -0.4 is 5.11 Å². The van der Waals surface area contributed by atoms with Crippen molar-refractivity contribution in [3.63, 3.8) is 0 Å². The highest BCUT2D eigenvalue weighted by Crippen LogP contribution is 2.27. The third kappa shape index (κ3) is 6.74.